The number of halogens is 5. The zero-order valence-electron chi connectivity index (χ0n) is 7.85. The largest absolute Gasteiger partial charge is 0.390 e. The summed E-state index contributed by atoms with van der Waals surface area (Å²) in [5.74, 6) is -8.72. The topological polar surface area (TPSA) is 46.2 Å². The van der Waals surface area contributed by atoms with Gasteiger partial charge in [-0.2, -0.15) is 0 Å². The molecule has 0 bridgehead atoms. The molecule has 2 nitrogen and oxygen atoms in total. The van der Waals surface area contributed by atoms with Crippen LogP contribution in [0.25, 0.3) is 0 Å². The van der Waals surface area contributed by atoms with Gasteiger partial charge >= 0.3 is 0 Å². The Balaban J connectivity index is 3.15. The van der Waals surface area contributed by atoms with Gasteiger partial charge in [0.25, 0.3) is 5.92 Å². The molecule has 0 amide bonds. The standard InChI is InChI=1S/C9H8F5NO/c10-5-1-4(2-6(11)7(5)12)8(15)9(13,14)3-16/h1-2,8,16H,3,15H2/t8-/m1/s1. The van der Waals surface area contributed by atoms with Crippen LogP contribution in [-0.4, -0.2) is 17.6 Å². The van der Waals surface area contributed by atoms with Crippen LogP contribution in [0.3, 0.4) is 0 Å². The van der Waals surface area contributed by atoms with Crippen LogP contribution in [-0.2, 0) is 0 Å². The molecule has 16 heavy (non-hydrogen) atoms. The summed E-state index contributed by atoms with van der Waals surface area (Å²) < 4.78 is 63.7. The van der Waals surface area contributed by atoms with Crippen molar-refractivity contribution >= 4 is 0 Å². The van der Waals surface area contributed by atoms with Crippen LogP contribution in [0, 0.1) is 17.5 Å². The Labute approximate surface area is 87.5 Å². The zero-order valence-corrected chi connectivity index (χ0v) is 7.85. The fourth-order valence-electron chi connectivity index (χ4n) is 1.10. The lowest BCUT2D eigenvalue weighted by molar-refractivity contribution is -0.0713. The Hall–Kier alpha value is -1.21. The van der Waals surface area contributed by atoms with Crippen molar-refractivity contribution in [2.24, 2.45) is 5.73 Å². The first-order valence-corrected chi connectivity index (χ1v) is 4.18. The first-order chi connectivity index (χ1) is 7.29. The van der Waals surface area contributed by atoms with Crippen molar-refractivity contribution in [2.45, 2.75) is 12.0 Å². The summed E-state index contributed by atoms with van der Waals surface area (Å²) in [7, 11) is 0. The number of aliphatic hydroxyl groups is 1. The molecule has 1 rings (SSSR count). The summed E-state index contributed by atoms with van der Waals surface area (Å²) in [6.07, 6.45) is 0. The van der Waals surface area contributed by atoms with E-state index in [1.807, 2.05) is 0 Å². The van der Waals surface area contributed by atoms with Gasteiger partial charge in [-0.25, -0.2) is 22.0 Å². The normalized spacial score (nSPS) is 13.9. The summed E-state index contributed by atoms with van der Waals surface area (Å²) in [5.41, 5.74) is 4.38. The molecule has 0 aliphatic rings. The second-order valence-corrected chi connectivity index (χ2v) is 3.20. The highest BCUT2D eigenvalue weighted by molar-refractivity contribution is 5.24. The first-order valence-electron chi connectivity index (χ1n) is 4.18. The number of rotatable bonds is 3. The smallest absolute Gasteiger partial charge is 0.289 e. The summed E-state index contributed by atoms with van der Waals surface area (Å²) in [6, 6.07) is -1.37. The average Bonchev–Trinajstić information content (AvgIpc) is 2.24. The number of hydrogen-bond acceptors (Lipinski definition) is 2. The van der Waals surface area contributed by atoms with Crippen molar-refractivity contribution in [1.82, 2.24) is 0 Å². The van der Waals surface area contributed by atoms with Gasteiger partial charge in [-0.05, 0) is 17.7 Å². The zero-order chi connectivity index (χ0) is 12.5. The van der Waals surface area contributed by atoms with E-state index in [0.29, 0.717) is 12.1 Å². The number of nitrogens with two attached hydrogens (primary N) is 1. The van der Waals surface area contributed by atoms with Gasteiger partial charge in [0, 0.05) is 0 Å². The molecule has 0 aliphatic carbocycles. The molecular formula is C9H8F5NO. The highest BCUT2D eigenvalue weighted by Crippen LogP contribution is 2.30. The molecule has 0 radical (unpaired) electrons. The summed E-state index contributed by atoms with van der Waals surface area (Å²) in [5, 5.41) is 8.33. The van der Waals surface area contributed by atoms with E-state index in [0.717, 1.165) is 0 Å². The number of aliphatic hydroxyl groups excluding tert-OH is 1. The Bertz CT molecular complexity index is 372. The third-order valence-corrected chi connectivity index (χ3v) is 2.03. The van der Waals surface area contributed by atoms with E-state index >= 15 is 0 Å². The van der Waals surface area contributed by atoms with Crippen LogP contribution in [0.5, 0.6) is 0 Å². The van der Waals surface area contributed by atoms with E-state index in [-0.39, 0.29) is 0 Å². The number of benzene rings is 1. The monoisotopic (exact) mass is 241 g/mol. The molecule has 0 unspecified atom stereocenters. The Kier molecular flexibility index (Phi) is 3.49. The lowest BCUT2D eigenvalue weighted by Crippen LogP contribution is -2.36. The Morgan fingerprint density at radius 3 is 2.00 bits per heavy atom. The van der Waals surface area contributed by atoms with Gasteiger partial charge in [0.05, 0.1) is 6.04 Å². The molecule has 90 valence electrons. The molecule has 1 aromatic carbocycles. The molecule has 1 atom stereocenters. The third-order valence-electron chi connectivity index (χ3n) is 2.03. The van der Waals surface area contributed by atoms with E-state index in [1.54, 1.807) is 0 Å². The Morgan fingerprint density at radius 1 is 1.19 bits per heavy atom. The molecule has 7 heteroatoms. The van der Waals surface area contributed by atoms with E-state index in [4.69, 9.17) is 10.8 Å². The predicted molar refractivity (Wildman–Crippen MR) is 45.3 cm³/mol. The van der Waals surface area contributed by atoms with Gasteiger partial charge in [-0.1, -0.05) is 0 Å². The van der Waals surface area contributed by atoms with Crippen molar-refractivity contribution in [2.75, 3.05) is 6.61 Å². The maximum Gasteiger partial charge on any atom is 0.289 e. The molecule has 0 fully saturated rings. The average molecular weight is 241 g/mol. The fourth-order valence-corrected chi connectivity index (χ4v) is 1.10. The highest BCUT2D eigenvalue weighted by Gasteiger charge is 2.38. The third kappa shape index (κ3) is 2.30. The predicted octanol–water partition coefficient (Wildman–Crippen LogP) is 1.73. The molecule has 1 aromatic rings. The van der Waals surface area contributed by atoms with Gasteiger partial charge in [0.1, 0.15) is 6.61 Å². The van der Waals surface area contributed by atoms with Gasteiger partial charge in [0.2, 0.25) is 0 Å². The quantitative estimate of drug-likeness (QED) is 0.625. The fraction of sp³-hybridized carbons (Fsp3) is 0.333. The van der Waals surface area contributed by atoms with Gasteiger partial charge in [0.15, 0.2) is 17.5 Å². The maximum atomic E-state index is 12.9. The maximum absolute atomic E-state index is 12.9. The van der Waals surface area contributed by atoms with E-state index in [1.165, 1.54) is 0 Å². The molecule has 0 aromatic heterocycles. The summed E-state index contributed by atoms with van der Waals surface area (Å²) in [4.78, 5) is 0. The minimum absolute atomic E-state index is 0.368. The summed E-state index contributed by atoms with van der Waals surface area (Å²) >= 11 is 0. The van der Waals surface area contributed by atoms with Gasteiger partial charge < -0.3 is 10.8 Å². The van der Waals surface area contributed by atoms with Gasteiger partial charge in [-0.15, -0.1) is 0 Å². The van der Waals surface area contributed by atoms with E-state index in [2.05, 4.69) is 0 Å². The SMILES string of the molecule is N[C@H](c1cc(F)c(F)c(F)c1)C(F)(F)CO. The summed E-state index contributed by atoms with van der Waals surface area (Å²) in [6.45, 7) is -1.57. The second kappa shape index (κ2) is 4.34. The lowest BCUT2D eigenvalue weighted by atomic mass is 10.0. The van der Waals surface area contributed by atoms with Crippen LogP contribution < -0.4 is 5.73 Å². The molecule has 0 heterocycles. The van der Waals surface area contributed by atoms with E-state index < -0.39 is 41.6 Å². The number of alkyl halides is 2. The van der Waals surface area contributed by atoms with Crippen LogP contribution in [0.2, 0.25) is 0 Å². The minimum Gasteiger partial charge on any atom is -0.390 e. The second-order valence-electron chi connectivity index (χ2n) is 3.20. The van der Waals surface area contributed by atoms with Crippen LogP contribution >= 0.6 is 0 Å². The number of hydrogen-bond donors (Lipinski definition) is 2. The highest BCUT2D eigenvalue weighted by atomic mass is 19.3. The van der Waals surface area contributed by atoms with Crippen molar-refractivity contribution in [1.29, 1.82) is 0 Å². The molecule has 0 aliphatic heterocycles. The molecule has 0 saturated carbocycles. The molecule has 3 N–H and O–H groups in total. The van der Waals surface area contributed by atoms with Crippen molar-refractivity contribution in [3.8, 4) is 0 Å². The van der Waals surface area contributed by atoms with Crippen LogP contribution in [0.15, 0.2) is 12.1 Å². The van der Waals surface area contributed by atoms with Crippen LogP contribution in [0.1, 0.15) is 11.6 Å². The lowest BCUT2D eigenvalue weighted by Gasteiger charge is -2.21. The first kappa shape index (κ1) is 12.9. The van der Waals surface area contributed by atoms with Crippen molar-refractivity contribution in [3.05, 3.63) is 35.1 Å². The Morgan fingerprint density at radius 2 is 1.62 bits per heavy atom. The van der Waals surface area contributed by atoms with Crippen molar-refractivity contribution < 1.29 is 27.1 Å². The van der Waals surface area contributed by atoms with Crippen LogP contribution in [0.4, 0.5) is 22.0 Å². The van der Waals surface area contributed by atoms with Gasteiger partial charge in [-0.3, -0.25) is 0 Å². The van der Waals surface area contributed by atoms with Crippen molar-refractivity contribution in [3.63, 3.8) is 0 Å². The molecule has 0 saturated heterocycles. The minimum atomic E-state index is -3.74. The molecule has 0 spiro atoms. The molecular weight excluding hydrogens is 233 g/mol. The van der Waals surface area contributed by atoms with E-state index in [9.17, 15) is 22.0 Å².